The zero-order valence-electron chi connectivity index (χ0n) is 10.8. The van der Waals surface area contributed by atoms with E-state index in [4.69, 9.17) is 4.74 Å². The summed E-state index contributed by atoms with van der Waals surface area (Å²) in [4.78, 5) is 13.7. The second kappa shape index (κ2) is 5.06. The fourth-order valence-corrected chi connectivity index (χ4v) is 2.27. The molecule has 0 heterocycles. The van der Waals surface area contributed by atoms with Crippen LogP contribution in [0.1, 0.15) is 18.4 Å². The number of rotatable bonds is 5. The van der Waals surface area contributed by atoms with Crippen molar-refractivity contribution in [3.63, 3.8) is 0 Å². The van der Waals surface area contributed by atoms with Crippen LogP contribution in [0, 0.1) is 11.2 Å². The van der Waals surface area contributed by atoms with E-state index in [1.807, 2.05) is 7.05 Å². The average Bonchev–Trinajstić information content (AvgIpc) is 3.12. The first-order chi connectivity index (χ1) is 8.55. The van der Waals surface area contributed by atoms with Crippen LogP contribution >= 0.6 is 0 Å². The van der Waals surface area contributed by atoms with Crippen LogP contribution in [-0.2, 0) is 16.1 Å². The molecular weight excluding hydrogens is 233 g/mol. The molecule has 1 saturated carbocycles. The molecule has 0 radical (unpaired) electrons. The topological polar surface area (TPSA) is 29.5 Å². The molecule has 1 aliphatic carbocycles. The Balaban J connectivity index is 1.91. The van der Waals surface area contributed by atoms with Gasteiger partial charge in [0.25, 0.3) is 0 Å². The van der Waals surface area contributed by atoms with Crippen molar-refractivity contribution in [3.8, 4) is 0 Å². The van der Waals surface area contributed by atoms with Crippen molar-refractivity contribution >= 4 is 5.97 Å². The molecule has 4 heteroatoms. The highest BCUT2D eigenvalue weighted by Crippen LogP contribution is 2.47. The molecule has 0 N–H and O–H groups in total. The van der Waals surface area contributed by atoms with Gasteiger partial charge in [0.1, 0.15) is 5.82 Å². The molecule has 0 spiro atoms. The molecule has 1 aliphatic rings. The van der Waals surface area contributed by atoms with E-state index >= 15 is 0 Å². The van der Waals surface area contributed by atoms with Crippen LogP contribution in [0.5, 0.6) is 0 Å². The quantitative estimate of drug-likeness (QED) is 0.751. The summed E-state index contributed by atoms with van der Waals surface area (Å²) >= 11 is 0. The highest BCUT2D eigenvalue weighted by molar-refractivity contribution is 5.80. The third-order valence-corrected chi connectivity index (χ3v) is 3.41. The Kier molecular flexibility index (Phi) is 3.66. The number of methoxy groups -OCH3 is 1. The van der Waals surface area contributed by atoms with Crippen molar-refractivity contribution in [2.45, 2.75) is 19.4 Å². The minimum atomic E-state index is -0.302. The largest absolute Gasteiger partial charge is 0.469 e. The maximum absolute atomic E-state index is 12.8. The summed E-state index contributed by atoms with van der Waals surface area (Å²) in [5.74, 6) is -0.344. The lowest BCUT2D eigenvalue weighted by Gasteiger charge is -2.22. The van der Waals surface area contributed by atoms with Gasteiger partial charge < -0.3 is 9.64 Å². The fourth-order valence-electron chi connectivity index (χ4n) is 2.27. The number of hydrogen-bond donors (Lipinski definition) is 0. The lowest BCUT2D eigenvalue weighted by Crippen LogP contribution is -2.32. The second-order valence-electron chi connectivity index (χ2n) is 5.07. The minimum Gasteiger partial charge on any atom is -0.469 e. The van der Waals surface area contributed by atoms with Gasteiger partial charge in [0.05, 0.1) is 12.5 Å². The van der Waals surface area contributed by atoms with Crippen LogP contribution in [0.2, 0.25) is 0 Å². The van der Waals surface area contributed by atoms with E-state index in [-0.39, 0.29) is 17.2 Å². The van der Waals surface area contributed by atoms with E-state index in [0.29, 0.717) is 13.1 Å². The van der Waals surface area contributed by atoms with Crippen molar-refractivity contribution in [2.24, 2.45) is 5.41 Å². The smallest absolute Gasteiger partial charge is 0.313 e. The molecule has 1 aromatic carbocycles. The van der Waals surface area contributed by atoms with Gasteiger partial charge in [-0.2, -0.15) is 0 Å². The Morgan fingerprint density at radius 2 is 2.00 bits per heavy atom. The molecule has 0 saturated heterocycles. The maximum Gasteiger partial charge on any atom is 0.313 e. The van der Waals surface area contributed by atoms with Crippen molar-refractivity contribution in [3.05, 3.63) is 35.6 Å². The number of carbonyl (C=O) groups excluding carboxylic acids is 1. The van der Waals surface area contributed by atoms with Gasteiger partial charge in [-0.3, -0.25) is 4.79 Å². The molecule has 0 aromatic heterocycles. The van der Waals surface area contributed by atoms with Crippen LogP contribution in [0.15, 0.2) is 24.3 Å². The Hall–Kier alpha value is -1.42. The molecule has 0 amide bonds. The van der Waals surface area contributed by atoms with E-state index in [9.17, 15) is 9.18 Å². The molecule has 0 atom stereocenters. The molecule has 0 bridgehead atoms. The molecule has 1 fully saturated rings. The first-order valence-electron chi connectivity index (χ1n) is 6.07. The van der Waals surface area contributed by atoms with Crippen LogP contribution in [0.4, 0.5) is 4.39 Å². The van der Waals surface area contributed by atoms with Crippen molar-refractivity contribution in [2.75, 3.05) is 20.7 Å². The van der Waals surface area contributed by atoms with Gasteiger partial charge in [0.2, 0.25) is 0 Å². The Bertz CT molecular complexity index is 426. The lowest BCUT2D eigenvalue weighted by atomic mass is 10.1. The highest BCUT2D eigenvalue weighted by atomic mass is 19.1. The summed E-state index contributed by atoms with van der Waals surface area (Å²) in [6.07, 6.45) is 1.79. The SMILES string of the molecule is COC(=O)C1(CN(C)Cc2ccc(F)cc2)CC1. The Morgan fingerprint density at radius 1 is 1.39 bits per heavy atom. The monoisotopic (exact) mass is 251 g/mol. The predicted octanol–water partition coefficient (Wildman–Crippen LogP) is 2.21. The third kappa shape index (κ3) is 2.88. The third-order valence-electron chi connectivity index (χ3n) is 3.41. The Morgan fingerprint density at radius 3 is 2.50 bits per heavy atom. The van der Waals surface area contributed by atoms with Gasteiger partial charge in [-0.05, 0) is 37.6 Å². The van der Waals surface area contributed by atoms with Crippen LogP contribution in [0.3, 0.4) is 0 Å². The van der Waals surface area contributed by atoms with E-state index < -0.39 is 0 Å². The molecule has 18 heavy (non-hydrogen) atoms. The number of esters is 1. The Labute approximate surface area is 107 Å². The number of ether oxygens (including phenoxy) is 1. The molecular formula is C14H18FNO2. The van der Waals surface area contributed by atoms with Crippen molar-refractivity contribution in [1.82, 2.24) is 4.90 Å². The van der Waals surface area contributed by atoms with E-state index in [0.717, 1.165) is 18.4 Å². The van der Waals surface area contributed by atoms with Gasteiger partial charge >= 0.3 is 5.97 Å². The summed E-state index contributed by atoms with van der Waals surface area (Å²) in [5.41, 5.74) is 0.739. The van der Waals surface area contributed by atoms with Gasteiger partial charge in [-0.25, -0.2) is 4.39 Å². The zero-order valence-corrected chi connectivity index (χ0v) is 10.8. The lowest BCUT2D eigenvalue weighted by molar-refractivity contribution is -0.147. The van der Waals surface area contributed by atoms with Gasteiger partial charge in [-0.15, -0.1) is 0 Å². The van der Waals surface area contributed by atoms with Crippen molar-refractivity contribution < 1.29 is 13.9 Å². The first kappa shape index (κ1) is 13.0. The molecule has 3 nitrogen and oxygen atoms in total. The number of halogens is 1. The standard InChI is InChI=1S/C14H18FNO2/c1-16(9-11-3-5-12(15)6-4-11)10-14(7-8-14)13(17)18-2/h3-6H,7-10H2,1-2H3. The van der Waals surface area contributed by atoms with E-state index in [1.54, 1.807) is 12.1 Å². The number of carbonyl (C=O) groups is 1. The molecule has 0 unspecified atom stereocenters. The summed E-state index contributed by atoms with van der Waals surface area (Å²) in [6, 6.07) is 6.44. The van der Waals surface area contributed by atoms with Crippen molar-refractivity contribution in [1.29, 1.82) is 0 Å². The molecule has 0 aliphatic heterocycles. The maximum atomic E-state index is 12.8. The number of nitrogens with zero attached hydrogens (tertiary/aromatic N) is 1. The average molecular weight is 251 g/mol. The second-order valence-corrected chi connectivity index (χ2v) is 5.07. The summed E-state index contributed by atoms with van der Waals surface area (Å²) in [6.45, 7) is 1.40. The van der Waals surface area contributed by atoms with E-state index in [2.05, 4.69) is 4.90 Å². The number of benzene rings is 1. The summed E-state index contributed by atoms with van der Waals surface area (Å²) in [7, 11) is 3.40. The summed E-state index contributed by atoms with van der Waals surface area (Å²) < 4.78 is 17.6. The highest BCUT2D eigenvalue weighted by Gasteiger charge is 2.51. The number of hydrogen-bond acceptors (Lipinski definition) is 3. The van der Waals surface area contributed by atoms with Crippen LogP contribution in [-0.4, -0.2) is 31.6 Å². The molecule has 2 rings (SSSR count). The minimum absolute atomic E-state index is 0.117. The van der Waals surface area contributed by atoms with Gasteiger partial charge in [0.15, 0.2) is 0 Å². The molecule has 98 valence electrons. The zero-order chi connectivity index (χ0) is 13.2. The van der Waals surface area contributed by atoms with Crippen LogP contribution < -0.4 is 0 Å². The fraction of sp³-hybridized carbons (Fsp3) is 0.500. The summed E-state index contributed by atoms with van der Waals surface area (Å²) in [5, 5.41) is 0. The molecule has 1 aromatic rings. The van der Waals surface area contributed by atoms with Gasteiger partial charge in [0, 0.05) is 13.1 Å². The normalized spacial score (nSPS) is 16.7. The van der Waals surface area contributed by atoms with Crippen LogP contribution in [0.25, 0.3) is 0 Å². The van der Waals surface area contributed by atoms with E-state index in [1.165, 1.54) is 19.2 Å². The van der Waals surface area contributed by atoms with Gasteiger partial charge in [-0.1, -0.05) is 12.1 Å². The first-order valence-corrected chi connectivity index (χ1v) is 6.07. The predicted molar refractivity (Wildman–Crippen MR) is 66.4 cm³/mol.